The zero-order chi connectivity index (χ0) is 13.8. The number of aliphatic hydroxyl groups is 1. The van der Waals surface area contributed by atoms with Crippen LogP contribution in [-0.2, 0) is 0 Å². The van der Waals surface area contributed by atoms with Gasteiger partial charge in [-0.15, -0.1) is 0 Å². The summed E-state index contributed by atoms with van der Waals surface area (Å²) < 4.78 is 0. The molecule has 0 aromatic carbocycles. The molecule has 108 valence electrons. The summed E-state index contributed by atoms with van der Waals surface area (Å²) in [5.74, 6) is 0.799. The van der Waals surface area contributed by atoms with Crippen LogP contribution < -0.4 is 5.32 Å². The lowest BCUT2D eigenvalue weighted by Gasteiger charge is -2.44. The highest BCUT2D eigenvalue weighted by atomic mass is 16.3. The number of rotatable bonds is 5. The van der Waals surface area contributed by atoms with Crippen molar-refractivity contribution in [3.8, 4) is 0 Å². The third kappa shape index (κ3) is 4.52. The number of nitrogens with one attached hydrogen (secondary N) is 1. The monoisotopic (exact) mass is 256 g/mol. The highest BCUT2D eigenvalue weighted by Gasteiger charge is 2.37. The van der Waals surface area contributed by atoms with Gasteiger partial charge in [-0.3, -0.25) is 0 Å². The van der Waals surface area contributed by atoms with Crippen LogP contribution in [-0.4, -0.2) is 49.3 Å². The molecule has 0 atom stereocenters. The van der Waals surface area contributed by atoms with E-state index in [0.29, 0.717) is 5.41 Å². The van der Waals surface area contributed by atoms with Crippen LogP contribution in [0.25, 0.3) is 0 Å². The second-order valence-corrected chi connectivity index (χ2v) is 7.31. The van der Waals surface area contributed by atoms with Crippen molar-refractivity contribution in [1.82, 2.24) is 10.2 Å². The Balaban J connectivity index is 2.44. The average Bonchev–Trinajstić information content (AvgIpc) is 2.28. The molecule has 0 aromatic heterocycles. The van der Waals surface area contributed by atoms with Gasteiger partial charge in [0, 0.05) is 18.6 Å². The van der Waals surface area contributed by atoms with Gasteiger partial charge in [-0.1, -0.05) is 20.8 Å². The number of hydrogen-bond donors (Lipinski definition) is 2. The van der Waals surface area contributed by atoms with E-state index in [2.05, 4.69) is 45.1 Å². The predicted octanol–water partition coefficient (Wildman–Crippen LogP) is 2.10. The van der Waals surface area contributed by atoms with Crippen molar-refractivity contribution in [1.29, 1.82) is 0 Å². The lowest BCUT2D eigenvalue weighted by atomic mass is 9.67. The Bertz CT molecular complexity index is 237. The van der Waals surface area contributed by atoms with E-state index in [0.717, 1.165) is 31.8 Å². The van der Waals surface area contributed by atoms with Crippen molar-refractivity contribution in [3.05, 3.63) is 0 Å². The van der Waals surface area contributed by atoms with Crippen molar-refractivity contribution < 1.29 is 5.11 Å². The summed E-state index contributed by atoms with van der Waals surface area (Å²) in [4.78, 5) is 2.18. The third-order valence-electron chi connectivity index (χ3n) is 4.53. The smallest absolute Gasteiger partial charge is 0.0613 e. The first-order valence-corrected chi connectivity index (χ1v) is 7.30. The molecule has 0 bridgehead atoms. The van der Waals surface area contributed by atoms with E-state index < -0.39 is 0 Å². The van der Waals surface area contributed by atoms with Crippen molar-refractivity contribution in [2.75, 3.05) is 33.8 Å². The molecule has 3 heteroatoms. The molecule has 1 aliphatic rings. The number of likely N-dealkylation sites (N-methyl/N-ethyl adjacent to an activating group) is 1. The topological polar surface area (TPSA) is 35.5 Å². The van der Waals surface area contributed by atoms with Gasteiger partial charge in [-0.05, 0) is 51.1 Å². The molecule has 1 fully saturated rings. The minimum Gasteiger partial charge on any atom is -0.394 e. The van der Waals surface area contributed by atoms with Crippen molar-refractivity contribution in [2.45, 2.75) is 52.0 Å². The highest BCUT2D eigenvalue weighted by Crippen LogP contribution is 2.41. The van der Waals surface area contributed by atoms with Crippen molar-refractivity contribution >= 4 is 0 Å². The van der Waals surface area contributed by atoms with Gasteiger partial charge in [-0.2, -0.15) is 0 Å². The molecule has 0 heterocycles. The van der Waals surface area contributed by atoms with E-state index in [1.165, 1.54) is 12.8 Å². The zero-order valence-electron chi connectivity index (χ0n) is 12.9. The summed E-state index contributed by atoms with van der Waals surface area (Å²) in [5.41, 5.74) is 0.392. The molecule has 0 radical (unpaired) electrons. The molecule has 0 saturated heterocycles. The second-order valence-electron chi connectivity index (χ2n) is 7.31. The molecule has 3 nitrogen and oxygen atoms in total. The lowest BCUT2D eigenvalue weighted by molar-refractivity contribution is 0.0682. The van der Waals surface area contributed by atoms with E-state index in [4.69, 9.17) is 0 Å². The molecular weight excluding hydrogens is 224 g/mol. The maximum atomic E-state index is 9.72. The number of aliphatic hydroxyl groups excluding tert-OH is 1. The van der Waals surface area contributed by atoms with Crippen molar-refractivity contribution in [2.24, 2.45) is 11.3 Å². The van der Waals surface area contributed by atoms with Gasteiger partial charge < -0.3 is 15.3 Å². The summed E-state index contributed by atoms with van der Waals surface area (Å²) >= 11 is 0. The fourth-order valence-electron chi connectivity index (χ4n) is 2.97. The summed E-state index contributed by atoms with van der Waals surface area (Å²) in [6, 6.07) is 0. The molecule has 0 spiro atoms. The third-order valence-corrected chi connectivity index (χ3v) is 4.53. The molecule has 2 N–H and O–H groups in total. The fourth-order valence-corrected chi connectivity index (χ4v) is 2.97. The standard InChI is InChI=1S/C15H32N2O/c1-14(2,3)13-6-8-15(12-18,9-7-13)16-10-11-17(4)5/h13,16,18H,6-12H2,1-5H3. The Hall–Kier alpha value is -0.120. The molecule has 0 aromatic rings. The van der Waals surface area contributed by atoms with E-state index in [1.807, 2.05) is 0 Å². The molecule has 0 aliphatic heterocycles. The van der Waals surface area contributed by atoms with Gasteiger partial charge in [-0.25, -0.2) is 0 Å². The molecule has 0 amide bonds. The normalized spacial score (nSPS) is 29.8. The first kappa shape index (κ1) is 15.9. The van der Waals surface area contributed by atoms with Crippen LogP contribution in [0.1, 0.15) is 46.5 Å². The Labute approximate surface area is 113 Å². The van der Waals surface area contributed by atoms with Crippen molar-refractivity contribution in [3.63, 3.8) is 0 Å². The lowest BCUT2D eigenvalue weighted by Crippen LogP contribution is -2.53. The zero-order valence-corrected chi connectivity index (χ0v) is 12.9. The van der Waals surface area contributed by atoms with Crippen LogP contribution in [0.4, 0.5) is 0 Å². The van der Waals surface area contributed by atoms with Gasteiger partial charge >= 0.3 is 0 Å². The SMILES string of the molecule is CN(C)CCNC1(CO)CCC(C(C)(C)C)CC1. The van der Waals surface area contributed by atoms with Gasteiger partial charge in [0.1, 0.15) is 0 Å². The molecule has 0 unspecified atom stereocenters. The Morgan fingerprint density at radius 1 is 1.22 bits per heavy atom. The summed E-state index contributed by atoms with van der Waals surface area (Å²) in [6.07, 6.45) is 4.69. The summed E-state index contributed by atoms with van der Waals surface area (Å²) in [6.45, 7) is 9.28. The van der Waals surface area contributed by atoms with Gasteiger partial charge in [0.2, 0.25) is 0 Å². The van der Waals surface area contributed by atoms with Gasteiger partial charge in [0.05, 0.1) is 6.61 Å². The minimum atomic E-state index is -0.0161. The summed E-state index contributed by atoms with van der Waals surface area (Å²) in [5, 5.41) is 13.3. The van der Waals surface area contributed by atoms with Crippen LogP contribution in [0.3, 0.4) is 0 Å². The second kappa shape index (κ2) is 6.36. The van der Waals surface area contributed by atoms with Crippen LogP contribution in [0.2, 0.25) is 0 Å². The van der Waals surface area contributed by atoms with E-state index >= 15 is 0 Å². The maximum Gasteiger partial charge on any atom is 0.0613 e. The van der Waals surface area contributed by atoms with Crippen LogP contribution >= 0.6 is 0 Å². The van der Waals surface area contributed by atoms with Crippen LogP contribution in [0.5, 0.6) is 0 Å². The highest BCUT2D eigenvalue weighted by molar-refractivity contribution is 4.94. The Morgan fingerprint density at radius 2 is 1.78 bits per heavy atom. The first-order chi connectivity index (χ1) is 8.29. The maximum absolute atomic E-state index is 9.72. The van der Waals surface area contributed by atoms with Crippen LogP contribution in [0.15, 0.2) is 0 Å². The molecule has 18 heavy (non-hydrogen) atoms. The average molecular weight is 256 g/mol. The van der Waals surface area contributed by atoms with E-state index in [9.17, 15) is 5.11 Å². The van der Waals surface area contributed by atoms with Crippen LogP contribution in [0, 0.1) is 11.3 Å². The quantitative estimate of drug-likeness (QED) is 0.791. The molecule has 1 aliphatic carbocycles. The van der Waals surface area contributed by atoms with E-state index in [1.54, 1.807) is 0 Å². The van der Waals surface area contributed by atoms with E-state index in [-0.39, 0.29) is 12.1 Å². The molecule has 1 saturated carbocycles. The summed E-state index contributed by atoms with van der Waals surface area (Å²) in [7, 11) is 4.17. The number of hydrogen-bond acceptors (Lipinski definition) is 3. The van der Waals surface area contributed by atoms with Gasteiger partial charge in [0.25, 0.3) is 0 Å². The minimum absolute atomic E-state index is 0.0161. The first-order valence-electron chi connectivity index (χ1n) is 7.30. The Morgan fingerprint density at radius 3 is 2.17 bits per heavy atom. The predicted molar refractivity (Wildman–Crippen MR) is 77.8 cm³/mol. The molecule has 1 rings (SSSR count). The van der Waals surface area contributed by atoms with Gasteiger partial charge in [0.15, 0.2) is 0 Å². The Kier molecular flexibility index (Phi) is 5.63. The fraction of sp³-hybridized carbons (Fsp3) is 1.00. The molecular formula is C15H32N2O. The number of nitrogens with zero attached hydrogens (tertiary/aromatic N) is 1. The largest absolute Gasteiger partial charge is 0.394 e.